The minimum atomic E-state index is -4.47. The van der Waals surface area contributed by atoms with Gasteiger partial charge in [-0.3, -0.25) is 0 Å². The molecule has 0 aliphatic heterocycles. The standard InChI is InChI=1S/C11H9ClF3N3/c12-8-5-10-9(4-7(8)11(13,14)15)16-17-18(10)6-2-1-3-6/h4-6H,1-3H2. The van der Waals surface area contributed by atoms with Crippen LogP contribution in [-0.2, 0) is 6.18 Å². The van der Waals surface area contributed by atoms with Crippen molar-refractivity contribution in [1.82, 2.24) is 15.0 Å². The Labute approximate surface area is 106 Å². The Morgan fingerprint density at radius 1 is 1.28 bits per heavy atom. The Bertz CT molecular complexity index is 601. The average Bonchev–Trinajstić information content (AvgIpc) is 2.56. The van der Waals surface area contributed by atoms with Gasteiger partial charge in [-0.05, 0) is 31.4 Å². The lowest BCUT2D eigenvalue weighted by atomic mass is 9.93. The predicted octanol–water partition coefficient (Wildman–Crippen LogP) is 3.83. The van der Waals surface area contributed by atoms with Crippen LogP contribution in [0.15, 0.2) is 12.1 Å². The molecule has 3 rings (SSSR count). The lowest BCUT2D eigenvalue weighted by Gasteiger charge is -2.25. The summed E-state index contributed by atoms with van der Waals surface area (Å²) in [7, 11) is 0. The first-order chi connectivity index (χ1) is 8.47. The zero-order valence-corrected chi connectivity index (χ0v) is 9.96. The van der Waals surface area contributed by atoms with E-state index in [0.717, 1.165) is 25.3 Å². The van der Waals surface area contributed by atoms with Crippen molar-refractivity contribution in [2.45, 2.75) is 31.5 Å². The number of hydrogen-bond donors (Lipinski definition) is 0. The van der Waals surface area contributed by atoms with Gasteiger partial charge in [0, 0.05) is 0 Å². The molecule has 1 saturated carbocycles. The second-order valence-corrected chi connectivity index (χ2v) is 4.84. The Kier molecular flexibility index (Phi) is 2.52. The molecule has 0 unspecified atom stereocenters. The largest absolute Gasteiger partial charge is 0.417 e. The van der Waals surface area contributed by atoms with Gasteiger partial charge in [-0.1, -0.05) is 16.8 Å². The minimum Gasteiger partial charge on any atom is -0.242 e. The molecule has 1 aliphatic carbocycles. The van der Waals surface area contributed by atoms with E-state index in [2.05, 4.69) is 10.3 Å². The fraction of sp³-hybridized carbons (Fsp3) is 0.455. The molecule has 0 bridgehead atoms. The number of hydrogen-bond acceptors (Lipinski definition) is 2. The van der Waals surface area contributed by atoms with Crippen molar-refractivity contribution < 1.29 is 13.2 Å². The molecule has 0 spiro atoms. The van der Waals surface area contributed by atoms with Gasteiger partial charge < -0.3 is 0 Å². The molecule has 1 heterocycles. The maximum absolute atomic E-state index is 12.7. The fourth-order valence-corrected chi connectivity index (χ4v) is 2.34. The lowest BCUT2D eigenvalue weighted by molar-refractivity contribution is -0.137. The third kappa shape index (κ3) is 1.75. The van der Waals surface area contributed by atoms with Gasteiger partial charge in [0.1, 0.15) is 5.52 Å². The van der Waals surface area contributed by atoms with Crippen molar-refractivity contribution in [3.05, 3.63) is 22.7 Å². The summed E-state index contributed by atoms with van der Waals surface area (Å²) >= 11 is 5.69. The van der Waals surface area contributed by atoms with Crippen molar-refractivity contribution in [3.63, 3.8) is 0 Å². The van der Waals surface area contributed by atoms with Crippen LogP contribution in [0.4, 0.5) is 13.2 Å². The highest BCUT2D eigenvalue weighted by Crippen LogP contribution is 2.38. The normalized spacial score (nSPS) is 17.1. The van der Waals surface area contributed by atoms with Gasteiger partial charge in [-0.25, -0.2) is 4.68 Å². The third-order valence-electron chi connectivity index (χ3n) is 3.29. The Morgan fingerprint density at radius 2 is 2.00 bits per heavy atom. The molecule has 3 nitrogen and oxygen atoms in total. The summed E-state index contributed by atoms with van der Waals surface area (Å²) in [5.74, 6) is 0. The zero-order chi connectivity index (χ0) is 12.9. The molecule has 0 atom stereocenters. The van der Waals surface area contributed by atoms with Gasteiger partial charge in [0.05, 0.1) is 22.1 Å². The summed E-state index contributed by atoms with van der Waals surface area (Å²) in [4.78, 5) is 0. The van der Waals surface area contributed by atoms with Gasteiger partial charge in [0.15, 0.2) is 0 Å². The molecule has 0 N–H and O–H groups in total. The van der Waals surface area contributed by atoms with Crippen molar-refractivity contribution in [1.29, 1.82) is 0 Å². The van der Waals surface area contributed by atoms with E-state index in [1.807, 2.05) is 0 Å². The highest BCUT2D eigenvalue weighted by atomic mass is 35.5. The molecular formula is C11H9ClF3N3. The van der Waals surface area contributed by atoms with Crippen LogP contribution in [0.5, 0.6) is 0 Å². The maximum Gasteiger partial charge on any atom is 0.417 e. The fourth-order valence-electron chi connectivity index (χ4n) is 2.08. The summed E-state index contributed by atoms with van der Waals surface area (Å²) < 4.78 is 39.7. The van der Waals surface area contributed by atoms with Gasteiger partial charge in [-0.2, -0.15) is 13.2 Å². The van der Waals surface area contributed by atoms with E-state index < -0.39 is 11.7 Å². The van der Waals surface area contributed by atoms with Crippen LogP contribution in [0.2, 0.25) is 5.02 Å². The molecule has 2 aromatic rings. The molecule has 1 aromatic heterocycles. The molecule has 1 aromatic carbocycles. The monoisotopic (exact) mass is 275 g/mol. The summed E-state index contributed by atoms with van der Waals surface area (Å²) in [6, 6.07) is 2.50. The summed E-state index contributed by atoms with van der Waals surface area (Å²) in [6.07, 6.45) is -1.39. The van der Waals surface area contributed by atoms with E-state index in [-0.39, 0.29) is 16.6 Å². The molecule has 7 heteroatoms. The molecule has 1 fully saturated rings. The molecular weight excluding hydrogens is 267 g/mol. The van der Waals surface area contributed by atoms with Crippen LogP contribution in [0.25, 0.3) is 11.0 Å². The average molecular weight is 276 g/mol. The molecule has 96 valence electrons. The topological polar surface area (TPSA) is 30.7 Å². The van der Waals surface area contributed by atoms with Crippen LogP contribution in [-0.4, -0.2) is 15.0 Å². The van der Waals surface area contributed by atoms with Crippen molar-refractivity contribution >= 4 is 22.6 Å². The van der Waals surface area contributed by atoms with E-state index in [0.29, 0.717) is 5.52 Å². The number of alkyl halides is 3. The maximum atomic E-state index is 12.7. The summed E-state index contributed by atoms with van der Waals surface area (Å²) in [5.41, 5.74) is -0.0614. The predicted molar refractivity (Wildman–Crippen MR) is 60.4 cm³/mol. The minimum absolute atomic E-state index is 0.235. The highest BCUT2D eigenvalue weighted by Gasteiger charge is 2.34. The molecule has 18 heavy (non-hydrogen) atoms. The molecule has 0 radical (unpaired) electrons. The molecule has 0 amide bonds. The van der Waals surface area contributed by atoms with Gasteiger partial charge >= 0.3 is 6.18 Å². The summed E-state index contributed by atoms with van der Waals surface area (Å²) in [5, 5.41) is 7.41. The van der Waals surface area contributed by atoms with Crippen molar-refractivity contribution in [3.8, 4) is 0 Å². The number of rotatable bonds is 1. The van der Waals surface area contributed by atoms with Crippen LogP contribution in [0, 0.1) is 0 Å². The van der Waals surface area contributed by atoms with E-state index in [9.17, 15) is 13.2 Å². The Balaban J connectivity index is 2.15. The molecule has 1 aliphatic rings. The Morgan fingerprint density at radius 3 is 2.56 bits per heavy atom. The Hall–Kier alpha value is -1.30. The van der Waals surface area contributed by atoms with Crippen LogP contribution >= 0.6 is 11.6 Å². The molecule has 0 saturated heterocycles. The number of aromatic nitrogens is 3. The smallest absolute Gasteiger partial charge is 0.242 e. The zero-order valence-electron chi connectivity index (χ0n) is 9.21. The van der Waals surface area contributed by atoms with E-state index in [4.69, 9.17) is 11.6 Å². The van der Waals surface area contributed by atoms with E-state index >= 15 is 0 Å². The van der Waals surface area contributed by atoms with Crippen LogP contribution in [0.3, 0.4) is 0 Å². The van der Waals surface area contributed by atoms with Crippen molar-refractivity contribution in [2.24, 2.45) is 0 Å². The van der Waals surface area contributed by atoms with Crippen molar-refractivity contribution in [2.75, 3.05) is 0 Å². The second kappa shape index (κ2) is 3.85. The number of halogens is 4. The summed E-state index contributed by atoms with van der Waals surface area (Å²) in [6.45, 7) is 0. The first-order valence-electron chi connectivity index (χ1n) is 5.58. The second-order valence-electron chi connectivity index (χ2n) is 4.44. The quantitative estimate of drug-likeness (QED) is 0.792. The van der Waals surface area contributed by atoms with Crippen LogP contribution in [0.1, 0.15) is 30.9 Å². The van der Waals surface area contributed by atoms with E-state index in [1.165, 1.54) is 6.07 Å². The number of nitrogens with zero attached hydrogens (tertiary/aromatic N) is 3. The number of fused-ring (bicyclic) bond motifs is 1. The van der Waals surface area contributed by atoms with Gasteiger partial charge in [0.25, 0.3) is 0 Å². The van der Waals surface area contributed by atoms with E-state index in [1.54, 1.807) is 4.68 Å². The highest BCUT2D eigenvalue weighted by molar-refractivity contribution is 6.32. The van der Waals surface area contributed by atoms with Crippen LogP contribution < -0.4 is 0 Å². The number of benzene rings is 1. The first-order valence-corrected chi connectivity index (χ1v) is 5.96. The van der Waals surface area contributed by atoms with Gasteiger partial charge in [-0.15, -0.1) is 5.10 Å². The SMILES string of the molecule is FC(F)(F)c1cc2nnn(C3CCC3)c2cc1Cl. The lowest BCUT2D eigenvalue weighted by Crippen LogP contribution is -2.18. The third-order valence-corrected chi connectivity index (χ3v) is 3.60. The van der Waals surface area contributed by atoms with Gasteiger partial charge in [0.2, 0.25) is 0 Å². The first kappa shape index (κ1) is 11.8.